The van der Waals surface area contributed by atoms with Crippen molar-refractivity contribution in [3.63, 3.8) is 0 Å². The highest BCUT2D eigenvalue weighted by atomic mass is 127. The first-order valence-corrected chi connectivity index (χ1v) is 12.6. The van der Waals surface area contributed by atoms with E-state index >= 15 is 0 Å². The normalized spacial score (nSPS) is 40.1. The Morgan fingerprint density at radius 3 is 2.50 bits per heavy atom. The third-order valence-corrected chi connectivity index (χ3v) is 9.84. The number of Topliss-reactive ketones (excluding diaryl/α,β-unsaturated/α-hetero) is 1. The van der Waals surface area contributed by atoms with Gasteiger partial charge in [0.2, 0.25) is 0 Å². The Morgan fingerprint density at radius 2 is 1.73 bits per heavy atom. The number of hydrogen-bond acceptors (Lipinski definition) is 3. The molecular formula is C26H31IO3. The number of hydrogen-bond donors (Lipinski definition) is 0. The smallest absolute Gasteiger partial charge is 0.338 e. The van der Waals surface area contributed by atoms with E-state index in [4.69, 9.17) is 4.74 Å². The molecule has 3 unspecified atom stereocenters. The number of benzene rings is 1. The van der Waals surface area contributed by atoms with Crippen molar-refractivity contribution in [3.8, 4) is 0 Å². The highest BCUT2D eigenvalue weighted by molar-refractivity contribution is 14.1. The summed E-state index contributed by atoms with van der Waals surface area (Å²) in [5, 5.41) is 0. The van der Waals surface area contributed by atoms with Crippen LogP contribution in [0.3, 0.4) is 0 Å². The maximum Gasteiger partial charge on any atom is 0.338 e. The quantitative estimate of drug-likeness (QED) is 0.261. The molecule has 4 heteroatoms. The van der Waals surface area contributed by atoms with Crippen LogP contribution in [-0.2, 0) is 9.53 Å². The van der Waals surface area contributed by atoms with E-state index in [2.05, 4.69) is 42.5 Å². The standard InChI is InChI=1S/C26H31IO3/c1-25-13-11-19(30-24(29)16-3-6-18(27)7-4-16)15-17(25)5-8-20-21-9-10-23(28)26(21,2)14-12-22(20)25/h3-7,19-22H,8-15H2,1-2H3/t19-,20?,21?,22?,25-,26-/m0/s1. The van der Waals surface area contributed by atoms with Crippen molar-refractivity contribution in [2.75, 3.05) is 0 Å². The van der Waals surface area contributed by atoms with Crippen LogP contribution >= 0.6 is 22.6 Å². The van der Waals surface area contributed by atoms with Crippen molar-refractivity contribution >= 4 is 34.3 Å². The van der Waals surface area contributed by atoms with E-state index in [1.807, 2.05) is 24.3 Å². The lowest BCUT2D eigenvalue weighted by molar-refractivity contribution is -0.132. The third-order valence-electron chi connectivity index (χ3n) is 9.12. The lowest BCUT2D eigenvalue weighted by Crippen LogP contribution is -2.50. The first-order chi connectivity index (χ1) is 14.3. The Hall–Kier alpha value is -1.17. The number of carbonyl (C=O) groups excluding carboxylic acids is 2. The fraction of sp³-hybridized carbons (Fsp3) is 0.615. The van der Waals surface area contributed by atoms with Crippen molar-refractivity contribution in [2.45, 2.75) is 71.3 Å². The molecular weight excluding hydrogens is 487 g/mol. The number of allylic oxidation sites excluding steroid dienone is 1. The van der Waals surface area contributed by atoms with Crippen molar-refractivity contribution in [3.05, 3.63) is 45.0 Å². The van der Waals surface area contributed by atoms with Crippen LogP contribution in [0.4, 0.5) is 0 Å². The molecule has 0 aliphatic heterocycles. The molecule has 1 aromatic rings. The van der Waals surface area contributed by atoms with E-state index in [1.165, 1.54) is 12.0 Å². The molecule has 0 N–H and O–H groups in total. The maximum absolute atomic E-state index is 12.6. The van der Waals surface area contributed by atoms with Crippen molar-refractivity contribution in [1.82, 2.24) is 0 Å². The van der Waals surface area contributed by atoms with Crippen LogP contribution in [0.2, 0.25) is 0 Å². The van der Waals surface area contributed by atoms with Crippen LogP contribution in [0.15, 0.2) is 35.9 Å². The zero-order valence-electron chi connectivity index (χ0n) is 18.0. The zero-order chi connectivity index (χ0) is 21.1. The van der Waals surface area contributed by atoms with E-state index in [-0.39, 0.29) is 22.9 Å². The van der Waals surface area contributed by atoms with Gasteiger partial charge in [-0.3, -0.25) is 4.79 Å². The molecule has 0 heterocycles. The van der Waals surface area contributed by atoms with Gasteiger partial charge in [0.05, 0.1) is 5.56 Å². The van der Waals surface area contributed by atoms with E-state index in [0.29, 0.717) is 29.1 Å². The van der Waals surface area contributed by atoms with Crippen LogP contribution in [0.1, 0.15) is 75.6 Å². The van der Waals surface area contributed by atoms with Gasteiger partial charge < -0.3 is 4.74 Å². The molecule has 0 bridgehead atoms. The number of ketones is 1. The van der Waals surface area contributed by atoms with Crippen molar-refractivity contribution in [1.29, 1.82) is 0 Å². The van der Waals surface area contributed by atoms with Crippen LogP contribution in [0, 0.1) is 32.2 Å². The number of esters is 1. The summed E-state index contributed by atoms with van der Waals surface area (Å²) in [5.74, 6) is 2.20. The summed E-state index contributed by atoms with van der Waals surface area (Å²) in [6.45, 7) is 4.69. The van der Waals surface area contributed by atoms with E-state index in [0.717, 1.165) is 48.5 Å². The number of ether oxygens (including phenoxy) is 1. The average Bonchev–Trinajstić information content (AvgIpc) is 3.03. The Kier molecular flexibility index (Phi) is 5.15. The van der Waals surface area contributed by atoms with Gasteiger partial charge in [0, 0.05) is 21.8 Å². The summed E-state index contributed by atoms with van der Waals surface area (Å²) in [7, 11) is 0. The van der Waals surface area contributed by atoms with Crippen LogP contribution in [-0.4, -0.2) is 17.9 Å². The van der Waals surface area contributed by atoms with E-state index in [9.17, 15) is 9.59 Å². The Morgan fingerprint density at radius 1 is 1.03 bits per heavy atom. The predicted molar refractivity (Wildman–Crippen MR) is 125 cm³/mol. The molecule has 0 amide bonds. The summed E-state index contributed by atoms with van der Waals surface area (Å²) in [6, 6.07) is 7.60. The molecule has 1 aromatic carbocycles. The van der Waals surface area contributed by atoms with Crippen molar-refractivity contribution < 1.29 is 14.3 Å². The summed E-state index contributed by atoms with van der Waals surface area (Å²) in [4.78, 5) is 25.2. The zero-order valence-corrected chi connectivity index (χ0v) is 20.1. The molecule has 30 heavy (non-hydrogen) atoms. The molecule has 3 fully saturated rings. The van der Waals surface area contributed by atoms with E-state index < -0.39 is 0 Å². The summed E-state index contributed by atoms with van der Waals surface area (Å²) in [5.41, 5.74) is 2.28. The molecule has 0 radical (unpaired) electrons. The molecule has 3 nitrogen and oxygen atoms in total. The van der Waals surface area contributed by atoms with Gasteiger partial charge in [0.15, 0.2) is 0 Å². The monoisotopic (exact) mass is 518 g/mol. The second-order valence-corrected chi connectivity index (χ2v) is 11.7. The second-order valence-electron chi connectivity index (χ2n) is 10.5. The number of fused-ring (bicyclic) bond motifs is 5. The number of halogens is 1. The summed E-state index contributed by atoms with van der Waals surface area (Å²) < 4.78 is 7.04. The average molecular weight is 518 g/mol. The third kappa shape index (κ3) is 3.20. The van der Waals surface area contributed by atoms with Crippen LogP contribution in [0.25, 0.3) is 0 Å². The Labute approximate surface area is 193 Å². The van der Waals surface area contributed by atoms with Gasteiger partial charge in [-0.1, -0.05) is 25.5 Å². The van der Waals surface area contributed by atoms with Gasteiger partial charge >= 0.3 is 5.97 Å². The SMILES string of the molecule is C[C@]12CC[C@H](OC(=O)c3ccc(I)cc3)CC1=CCC1C2CC[C@]2(C)C(=O)CCC12. The van der Waals surface area contributed by atoms with Gasteiger partial charge in [-0.15, -0.1) is 0 Å². The minimum Gasteiger partial charge on any atom is -0.458 e. The molecule has 6 atom stereocenters. The fourth-order valence-corrected chi connectivity index (χ4v) is 7.66. The first-order valence-electron chi connectivity index (χ1n) is 11.5. The molecule has 0 saturated heterocycles. The lowest BCUT2D eigenvalue weighted by Gasteiger charge is -2.56. The van der Waals surface area contributed by atoms with Gasteiger partial charge in [0.25, 0.3) is 0 Å². The molecule has 4 aliphatic carbocycles. The number of carbonyl (C=O) groups is 2. The summed E-state index contributed by atoms with van der Waals surface area (Å²) >= 11 is 2.24. The van der Waals surface area contributed by atoms with Crippen molar-refractivity contribution in [2.24, 2.45) is 28.6 Å². The Bertz CT molecular complexity index is 903. The topological polar surface area (TPSA) is 43.4 Å². The lowest BCUT2D eigenvalue weighted by atomic mass is 9.48. The van der Waals surface area contributed by atoms with Gasteiger partial charge in [-0.2, -0.15) is 0 Å². The van der Waals surface area contributed by atoms with Gasteiger partial charge in [-0.25, -0.2) is 4.79 Å². The largest absolute Gasteiger partial charge is 0.458 e. The maximum atomic E-state index is 12.6. The molecule has 0 aromatic heterocycles. The minimum atomic E-state index is -0.202. The predicted octanol–water partition coefficient (Wildman–Crippen LogP) is 6.35. The molecule has 3 saturated carbocycles. The van der Waals surface area contributed by atoms with Crippen LogP contribution < -0.4 is 0 Å². The minimum absolute atomic E-state index is 0.0189. The van der Waals surface area contributed by atoms with Gasteiger partial charge in [0.1, 0.15) is 11.9 Å². The molecule has 0 spiro atoms. The Balaban J connectivity index is 1.31. The highest BCUT2D eigenvalue weighted by Gasteiger charge is 2.58. The molecule has 160 valence electrons. The van der Waals surface area contributed by atoms with Gasteiger partial charge in [-0.05, 0) is 109 Å². The first kappa shape index (κ1) is 20.7. The highest BCUT2D eigenvalue weighted by Crippen LogP contribution is 2.64. The fourth-order valence-electron chi connectivity index (χ4n) is 7.30. The van der Waals surface area contributed by atoms with E-state index in [1.54, 1.807) is 0 Å². The molecule has 5 rings (SSSR count). The summed E-state index contributed by atoms with van der Waals surface area (Å²) in [6.07, 6.45) is 10.5. The van der Waals surface area contributed by atoms with Crippen LogP contribution in [0.5, 0.6) is 0 Å². The second kappa shape index (κ2) is 7.46. The molecule has 4 aliphatic rings. The number of rotatable bonds is 2.